The van der Waals surface area contributed by atoms with Crippen molar-refractivity contribution in [2.24, 2.45) is 0 Å². The molecule has 0 bridgehead atoms. The van der Waals surface area contributed by atoms with Gasteiger partial charge in [0.1, 0.15) is 11.5 Å². The first kappa shape index (κ1) is 15.1. The molecule has 2 heterocycles. The fraction of sp³-hybridized carbons (Fsp3) is 0.571. The quantitative estimate of drug-likeness (QED) is 0.931. The van der Waals surface area contributed by atoms with Crippen molar-refractivity contribution in [3.05, 3.63) is 22.8 Å². The molecule has 0 radical (unpaired) electrons. The van der Waals surface area contributed by atoms with Crippen LogP contribution in [0.15, 0.2) is 12.1 Å². The molecular formula is C14H20ClN3O2. The van der Waals surface area contributed by atoms with Crippen LogP contribution in [0.3, 0.4) is 0 Å². The molecule has 0 saturated carbocycles. The van der Waals surface area contributed by atoms with Crippen molar-refractivity contribution in [1.82, 2.24) is 9.88 Å². The van der Waals surface area contributed by atoms with E-state index in [-0.39, 0.29) is 11.5 Å². The zero-order chi connectivity index (χ0) is 14.8. The van der Waals surface area contributed by atoms with Gasteiger partial charge >= 0.3 is 0 Å². The van der Waals surface area contributed by atoms with Crippen LogP contribution >= 0.6 is 11.6 Å². The van der Waals surface area contributed by atoms with Crippen molar-refractivity contribution in [1.29, 1.82) is 0 Å². The van der Waals surface area contributed by atoms with Gasteiger partial charge in [-0.3, -0.25) is 4.79 Å². The fourth-order valence-electron chi connectivity index (χ4n) is 2.43. The summed E-state index contributed by atoms with van der Waals surface area (Å²) in [4.78, 5) is 18.6. The van der Waals surface area contributed by atoms with E-state index in [0.717, 1.165) is 12.8 Å². The van der Waals surface area contributed by atoms with Gasteiger partial charge < -0.3 is 15.0 Å². The number of likely N-dealkylation sites (tertiary alicyclic amines) is 1. The molecule has 1 amide bonds. The van der Waals surface area contributed by atoms with Gasteiger partial charge in [-0.25, -0.2) is 4.98 Å². The van der Waals surface area contributed by atoms with Gasteiger partial charge in [0.05, 0.1) is 10.6 Å². The summed E-state index contributed by atoms with van der Waals surface area (Å²) in [6.45, 7) is 3.29. The van der Waals surface area contributed by atoms with Gasteiger partial charge in [0, 0.05) is 27.2 Å². The number of carbonyl (C=O) groups excluding carboxylic acids is 1. The van der Waals surface area contributed by atoms with Crippen LogP contribution in [0.5, 0.6) is 0 Å². The number of rotatable bonds is 3. The van der Waals surface area contributed by atoms with Gasteiger partial charge in [-0.15, -0.1) is 0 Å². The first-order valence-electron chi connectivity index (χ1n) is 6.68. The molecule has 0 aliphatic carbocycles. The van der Waals surface area contributed by atoms with Crippen LogP contribution in [0, 0.1) is 0 Å². The highest BCUT2D eigenvalue weighted by Crippen LogP contribution is 2.26. The molecule has 1 fully saturated rings. The molecule has 1 aliphatic heterocycles. The van der Waals surface area contributed by atoms with Crippen LogP contribution < -0.4 is 5.32 Å². The lowest BCUT2D eigenvalue weighted by molar-refractivity contribution is -0.0441. The van der Waals surface area contributed by atoms with Crippen molar-refractivity contribution < 1.29 is 9.53 Å². The summed E-state index contributed by atoms with van der Waals surface area (Å²) >= 11 is 6.10. The van der Waals surface area contributed by atoms with Crippen LogP contribution in [-0.4, -0.2) is 48.6 Å². The highest BCUT2D eigenvalue weighted by Gasteiger charge is 2.34. The summed E-state index contributed by atoms with van der Waals surface area (Å²) in [5, 5.41) is 3.29. The third kappa shape index (κ3) is 3.04. The number of aromatic nitrogens is 1. The fourth-order valence-corrected chi connectivity index (χ4v) is 2.61. The summed E-state index contributed by atoms with van der Waals surface area (Å²) in [6.07, 6.45) is 1.87. The number of halogens is 1. The lowest BCUT2D eigenvalue weighted by Crippen LogP contribution is -2.49. The maximum atomic E-state index is 12.6. The Morgan fingerprint density at radius 3 is 2.95 bits per heavy atom. The second-order valence-electron chi connectivity index (χ2n) is 5.26. The van der Waals surface area contributed by atoms with Crippen molar-refractivity contribution in [2.75, 3.05) is 32.6 Å². The average Bonchev–Trinajstić information content (AvgIpc) is 2.47. The zero-order valence-corrected chi connectivity index (χ0v) is 12.8. The Morgan fingerprint density at radius 1 is 1.55 bits per heavy atom. The minimum absolute atomic E-state index is 0.143. The Kier molecular flexibility index (Phi) is 4.50. The molecule has 1 aliphatic rings. The number of nitrogens with one attached hydrogen (secondary N) is 1. The maximum Gasteiger partial charge on any atom is 0.274 e. The molecule has 5 nitrogen and oxygen atoms in total. The number of carbonyl (C=O) groups is 1. The summed E-state index contributed by atoms with van der Waals surface area (Å²) in [5.74, 6) is 0.485. The second kappa shape index (κ2) is 5.97. The van der Waals surface area contributed by atoms with Crippen molar-refractivity contribution in [2.45, 2.75) is 25.4 Å². The predicted molar refractivity (Wildman–Crippen MR) is 79.3 cm³/mol. The molecule has 110 valence electrons. The van der Waals surface area contributed by atoms with Crippen LogP contribution in [0.2, 0.25) is 5.02 Å². The molecule has 1 aromatic heterocycles. The van der Waals surface area contributed by atoms with Gasteiger partial charge in [0.25, 0.3) is 5.91 Å². The van der Waals surface area contributed by atoms with Crippen molar-refractivity contribution in [3.63, 3.8) is 0 Å². The summed E-state index contributed by atoms with van der Waals surface area (Å²) in [7, 11) is 3.44. The molecule has 6 heteroatoms. The minimum atomic E-state index is -0.291. The smallest absolute Gasteiger partial charge is 0.274 e. The summed E-state index contributed by atoms with van der Waals surface area (Å²) in [6, 6.07) is 3.43. The molecule has 1 unspecified atom stereocenters. The van der Waals surface area contributed by atoms with Crippen molar-refractivity contribution in [3.8, 4) is 0 Å². The largest absolute Gasteiger partial charge is 0.377 e. The lowest BCUT2D eigenvalue weighted by Gasteiger charge is -2.39. The predicted octanol–water partition coefficient (Wildman–Crippen LogP) is 2.42. The minimum Gasteiger partial charge on any atom is -0.377 e. The molecule has 0 aromatic carbocycles. The number of pyridine rings is 1. The number of nitrogens with zero attached hydrogens (tertiary/aromatic N) is 2. The topological polar surface area (TPSA) is 54.5 Å². The van der Waals surface area contributed by atoms with E-state index in [2.05, 4.69) is 10.3 Å². The Balaban J connectivity index is 2.23. The van der Waals surface area contributed by atoms with Crippen LogP contribution in [-0.2, 0) is 4.74 Å². The van der Waals surface area contributed by atoms with Crippen LogP contribution in [0.4, 0.5) is 5.82 Å². The Labute approximate surface area is 124 Å². The number of hydrogen-bond donors (Lipinski definition) is 1. The van der Waals surface area contributed by atoms with E-state index in [9.17, 15) is 4.79 Å². The molecule has 2 rings (SSSR count). The highest BCUT2D eigenvalue weighted by molar-refractivity contribution is 6.33. The third-order valence-electron chi connectivity index (χ3n) is 3.74. The number of ether oxygens (including phenoxy) is 1. The number of hydrogen-bond acceptors (Lipinski definition) is 4. The monoisotopic (exact) mass is 297 g/mol. The van der Waals surface area contributed by atoms with E-state index >= 15 is 0 Å². The first-order valence-corrected chi connectivity index (χ1v) is 7.05. The van der Waals surface area contributed by atoms with Crippen LogP contribution in [0.1, 0.15) is 30.3 Å². The molecule has 1 N–H and O–H groups in total. The molecule has 1 atom stereocenters. The van der Waals surface area contributed by atoms with Gasteiger partial charge in [-0.1, -0.05) is 11.6 Å². The SMILES string of the molecule is CNc1ccc(Cl)c(C(=O)N2CCCC(C)(OC)C2)n1. The van der Waals surface area contributed by atoms with Gasteiger partial charge in [0.2, 0.25) is 0 Å². The van der Waals surface area contributed by atoms with E-state index in [1.807, 2.05) is 6.92 Å². The Hall–Kier alpha value is -1.33. The van der Waals surface area contributed by atoms with E-state index in [1.165, 1.54) is 0 Å². The van der Waals surface area contributed by atoms with Crippen molar-refractivity contribution >= 4 is 23.3 Å². The average molecular weight is 298 g/mol. The van der Waals surface area contributed by atoms with E-state index in [4.69, 9.17) is 16.3 Å². The van der Waals surface area contributed by atoms with Gasteiger partial charge in [0.15, 0.2) is 0 Å². The molecule has 1 saturated heterocycles. The van der Waals surface area contributed by atoms with E-state index in [1.54, 1.807) is 31.2 Å². The maximum absolute atomic E-state index is 12.6. The number of amides is 1. The van der Waals surface area contributed by atoms with Gasteiger partial charge in [-0.2, -0.15) is 0 Å². The summed E-state index contributed by atoms with van der Waals surface area (Å²) in [5.41, 5.74) is -0.0000517. The molecule has 20 heavy (non-hydrogen) atoms. The van der Waals surface area contributed by atoms with E-state index in [0.29, 0.717) is 29.6 Å². The second-order valence-corrected chi connectivity index (χ2v) is 5.67. The Bertz CT molecular complexity index is 509. The number of anilines is 1. The summed E-state index contributed by atoms with van der Waals surface area (Å²) < 4.78 is 5.51. The molecule has 1 aromatic rings. The first-order chi connectivity index (χ1) is 9.49. The molecular weight excluding hydrogens is 278 g/mol. The van der Waals surface area contributed by atoms with Gasteiger partial charge in [-0.05, 0) is 31.9 Å². The van der Waals surface area contributed by atoms with E-state index < -0.39 is 0 Å². The third-order valence-corrected chi connectivity index (χ3v) is 4.05. The normalized spacial score (nSPS) is 22.7. The standard InChI is InChI=1S/C14H20ClN3O2/c1-14(20-3)7-4-8-18(9-14)13(19)12-10(15)5-6-11(16-2)17-12/h5-6H,4,7-9H2,1-3H3,(H,16,17). The zero-order valence-electron chi connectivity index (χ0n) is 12.1. The number of methoxy groups -OCH3 is 1. The molecule has 0 spiro atoms. The Morgan fingerprint density at radius 2 is 2.30 bits per heavy atom. The van der Waals surface area contributed by atoms with Crippen LogP contribution in [0.25, 0.3) is 0 Å². The lowest BCUT2D eigenvalue weighted by atomic mass is 9.94. The highest BCUT2D eigenvalue weighted by atomic mass is 35.5. The number of piperidine rings is 1.